The summed E-state index contributed by atoms with van der Waals surface area (Å²) in [4.78, 5) is 4.26. The molecule has 3 aromatic rings. The molecule has 0 amide bonds. The maximum Gasteiger partial charge on any atom is 0.201 e. The fourth-order valence-corrected chi connectivity index (χ4v) is 2.59. The smallest absolute Gasteiger partial charge is 0.201 e. The summed E-state index contributed by atoms with van der Waals surface area (Å²) < 4.78 is 22.1. The Bertz CT molecular complexity index is 783. The maximum atomic E-state index is 14.8. The van der Waals surface area contributed by atoms with Crippen molar-refractivity contribution in [3.05, 3.63) is 60.2 Å². The number of nitrogens with two attached hydrogens (primary N) is 1. The van der Waals surface area contributed by atoms with Crippen LogP contribution in [0, 0.1) is 0 Å². The van der Waals surface area contributed by atoms with E-state index < -0.39 is 5.67 Å². The fourth-order valence-electron chi connectivity index (χ4n) is 2.59. The molecule has 1 heterocycles. The summed E-state index contributed by atoms with van der Waals surface area (Å²) in [6.07, 6.45) is 0. The number of ether oxygens (including phenoxy) is 1. The van der Waals surface area contributed by atoms with Gasteiger partial charge in [-0.05, 0) is 24.6 Å². The lowest BCUT2D eigenvalue weighted by Gasteiger charge is -2.22. The molecule has 23 heavy (non-hydrogen) atoms. The minimum absolute atomic E-state index is 0.00611. The van der Waals surface area contributed by atoms with Gasteiger partial charge in [0.15, 0.2) is 0 Å². The second-order valence-corrected chi connectivity index (χ2v) is 5.94. The molecule has 4 nitrogen and oxygen atoms in total. The van der Waals surface area contributed by atoms with Crippen LogP contribution in [0.4, 0.5) is 10.3 Å². The highest BCUT2D eigenvalue weighted by Crippen LogP contribution is 2.23. The van der Waals surface area contributed by atoms with E-state index in [9.17, 15) is 4.39 Å². The Morgan fingerprint density at radius 1 is 1.13 bits per heavy atom. The monoisotopic (exact) mass is 313 g/mol. The standard InChI is InChI=1S/C18H20FN3O/c1-18(19,13-23-11-14-7-3-2-4-8-14)12-22-16-10-6-5-9-15(16)21-17(22)20/h2-10H,11-13H2,1H3,(H2,20,21). The van der Waals surface area contributed by atoms with Gasteiger partial charge in [-0.1, -0.05) is 42.5 Å². The van der Waals surface area contributed by atoms with E-state index in [1.807, 2.05) is 54.6 Å². The zero-order valence-corrected chi connectivity index (χ0v) is 13.1. The van der Waals surface area contributed by atoms with Crippen LogP contribution in [0.2, 0.25) is 0 Å². The minimum atomic E-state index is -1.54. The lowest BCUT2D eigenvalue weighted by molar-refractivity contribution is 0.00858. The summed E-state index contributed by atoms with van der Waals surface area (Å²) in [5.41, 5.74) is 7.01. The second-order valence-electron chi connectivity index (χ2n) is 5.94. The Morgan fingerprint density at radius 3 is 2.61 bits per heavy atom. The Kier molecular flexibility index (Phi) is 4.30. The largest absolute Gasteiger partial charge is 0.373 e. The number of benzene rings is 2. The van der Waals surface area contributed by atoms with E-state index in [2.05, 4.69) is 4.98 Å². The number of anilines is 1. The van der Waals surface area contributed by atoms with E-state index >= 15 is 0 Å². The first-order valence-corrected chi connectivity index (χ1v) is 7.56. The quantitative estimate of drug-likeness (QED) is 0.757. The molecular weight excluding hydrogens is 293 g/mol. The molecule has 2 aromatic carbocycles. The van der Waals surface area contributed by atoms with Crippen molar-refractivity contribution in [3.8, 4) is 0 Å². The topological polar surface area (TPSA) is 53.1 Å². The van der Waals surface area contributed by atoms with Gasteiger partial charge in [0.2, 0.25) is 5.95 Å². The molecule has 0 aliphatic heterocycles. The Balaban J connectivity index is 1.66. The van der Waals surface area contributed by atoms with Crippen molar-refractivity contribution in [2.24, 2.45) is 0 Å². The highest BCUT2D eigenvalue weighted by molar-refractivity contribution is 5.78. The maximum absolute atomic E-state index is 14.8. The summed E-state index contributed by atoms with van der Waals surface area (Å²) in [7, 11) is 0. The highest BCUT2D eigenvalue weighted by atomic mass is 19.1. The molecule has 0 bridgehead atoms. The van der Waals surface area contributed by atoms with Crippen LogP contribution in [0.25, 0.3) is 11.0 Å². The van der Waals surface area contributed by atoms with Crippen LogP contribution in [-0.4, -0.2) is 21.8 Å². The lowest BCUT2D eigenvalue weighted by Crippen LogP contribution is -2.31. The van der Waals surface area contributed by atoms with Crippen LogP contribution in [0.15, 0.2) is 54.6 Å². The molecule has 0 fully saturated rings. The molecule has 0 saturated carbocycles. The van der Waals surface area contributed by atoms with Gasteiger partial charge in [0, 0.05) is 0 Å². The Labute approximate surface area is 134 Å². The predicted molar refractivity (Wildman–Crippen MR) is 89.8 cm³/mol. The molecule has 120 valence electrons. The average Bonchev–Trinajstić information content (AvgIpc) is 2.84. The van der Waals surface area contributed by atoms with Crippen LogP contribution < -0.4 is 5.73 Å². The minimum Gasteiger partial charge on any atom is -0.373 e. The van der Waals surface area contributed by atoms with Gasteiger partial charge in [-0.25, -0.2) is 9.37 Å². The molecule has 5 heteroatoms. The molecule has 2 N–H and O–H groups in total. The first-order chi connectivity index (χ1) is 11.1. The van der Waals surface area contributed by atoms with Crippen LogP contribution in [0.3, 0.4) is 0 Å². The van der Waals surface area contributed by atoms with Crippen molar-refractivity contribution >= 4 is 17.0 Å². The van der Waals surface area contributed by atoms with Gasteiger partial charge in [0.25, 0.3) is 0 Å². The van der Waals surface area contributed by atoms with Gasteiger partial charge in [-0.3, -0.25) is 0 Å². The predicted octanol–water partition coefficient (Wildman–Crippen LogP) is 3.56. The van der Waals surface area contributed by atoms with Crippen molar-refractivity contribution in [2.75, 3.05) is 12.3 Å². The molecule has 0 saturated heterocycles. The molecule has 0 spiro atoms. The van der Waals surface area contributed by atoms with E-state index in [4.69, 9.17) is 10.5 Å². The van der Waals surface area contributed by atoms with Gasteiger partial charge in [0.05, 0.1) is 30.8 Å². The molecule has 1 atom stereocenters. The van der Waals surface area contributed by atoms with Gasteiger partial charge < -0.3 is 15.0 Å². The molecule has 1 unspecified atom stereocenters. The normalized spacial score (nSPS) is 14.0. The van der Waals surface area contributed by atoms with Crippen LogP contribution in [-0.2, 0) is 17.9 Å². The number of fused-ring (bicyclic) bond motifs is 1. The summed E-state index contributed by atoms with van der Waals surface area (Å²) >= 11 is 0. The number of nitrogen functional groups attached to an aromatic ring is 1. The zero-order chi connectivity index (χ0) is 16.3. The number of aromatic nitrogens is 2. The Hall–Kier alpha value is -2.40. The average molecular weight is 313 g/mol. The number of hydrogen-bond donors (Lipinski definition) is 1. The molecule has 0 radical (unpaired) electrons. The van der Waals surface area contributed by atoms with Gasteiger partial charge >= 0.3 is 0 Å². The van der Waals surface area contributed by atoms with Crippen LogP contribution in [0.1, 0.15) is 12.5 Å². The molecule has 0 aliphatic rings. The van der Waals surface area contributed by atoms with Crippen molar-refractivity contribution in [3.63, 3.8) is 0 Å². The number of alkyl halides is 1. The summed E-state index contributed by atoms with van der Waals surface area (Å²) in [6.45, 7) is 2.01. The molecule has 3 rings (SSSR count). The van der Waals surface area contributed by atoms with Gasteiger partial charge in [-0.2, -0.15) is 0 Å². The number of hydrogen-bond acceptors (Lipinski definition) is 3. The summed E-state index contributed by atoms with van der Waals surface area (Å²) in [5, 5.41) is 0. The second kappa shape index (κ2) is 6.38. The number of imidazole rings is 1. The lowest BCUT2D eigenvalue weighted by atomic mass is 10.1. The molecular formula is C18H20FN3O. The number of halogens is 1. The molecule has 0 aliphatic carbocycles. The molecule has 1 aromatic heterocycles. The van der Waals surface area contributed by atoms with E-state index in [1.165, 1.54) is 6.92 Å². The van der Waals surface area contributed by atoms with E-state index in [-0.39, 0.29) is 13.2 Å². The highest BCUT2D eigenvalue weighted by Gasteiger charge is 2.26. The van der Waals surface area contributed by atoms with E-state index in [0.717, 1.165) is 16.6 Å². The van der Waals surface area contributed by atoms with Crippen molar-refractivity contribution < 1.29 is 9.13 Å². The number of rotatable bonds is 6. The van der Waals surface area contributed by atoms with Gasteiger partial charge in [0.1, 0.15) is 5.67 Å². The fraction of sp³-hybridized carbons (Fsp3) is 0.278. The van der Waals surface area contributed by atoms with Crippen LogP contribution in [0.5, 0.6) is 0 Å². The third-order valence-corrected chi connectivity index (χ3v) is 3.69. The third kappa shape index (κ3) is 3.68. The number of nitrogens with zero attached hydrogens (tertiary/aromatic N) is 2. The van der Waals surface area contributed by atoms with Crippen LogP contribution >= 0.6 is 0 Å². The first-order valence-electron chi connectivity index (χ1n) is 7.56. The summed E-state index contributed by atoms with van der Waals surface area (Å²) in [6, 6.07) is 17.3. The zero-order valence-electron chi connectivity index (χ0n) is 13.1. The van der Waals surface area contributed by atoms with E-state index in [1.54, 1.807) is 4.57 Å². The van der Waals surface area contributed by atoms with Gasteiger partial charge in [-0.15, -0.1) is 0 Å². The van der Waals surface area contributed by atoms with Crippen molar-refractivity contribution in [1.29, 1.82) is 0 Å². The van der Waals surface area contributed by atoms with E-state index in [0.29, 0.717) is 12.6 Å². The van der Waals surface area contributed by atoms with Crippen molar-refractivity contribution in [2.45, 2.75) is 25.7 Å². The summed E-state index contributed by atoms with van der Waals surface area (Å²) in [5.74, 6) is 0.318. The Morgan fingerprint density at radius 2 is 1.83 bits per heavy atom. The SMILES string of the molecule is CC(F)(COCc1ccccc1)Cn1c(N)nc2ccccc21. The first kappa shape index (κ1) is 15.5. The van der Waals surface area contributed by atoms with Crippen molar-refractivity contribution in [1.82, 2.24) is 9.55 Å². The number of para-hydroxylation sites is 2. The third-order valence-electron chi connectivity index (χ3n) is 3.69.